The summed E-state index contributed by atoms with van der Waals surface area (Å²) in [5.41, 5.74) is 7.63. The van der Waals surface area contributed by atoms with E-state index in [0.29, 0.717) is 0 Å². The summed E-state index contributed by atoms with van der Waals surface area (Å²) in [6.45, 7) is 10.3. The molecular formula is C16H23N3OS. The second-order valence-electron chi connectivity index (χ2n) is 6.71. The molecule has 0 aliphatic heterocycles. The average molecular weight is 305 g/mol. The number of benzene rings is 1. The molecule has 21 heavy (non-hydrogen) atoms. The second-order valence-corrected chi connectivity index (χ2v) is 7.74. The van der Waals surface area contributed by atoms with Gasteiger partial charge in [-0.2, -0.15) is 0 Å². The van der Waals surface area contributed by atoms with Gasteiger partial charge < -0.3 is 11.1 Å². The Morgan fingerprint density at radius 3 is 2.57 bits per heavy atom. The predicted molar refractivity (Wildman–Crippen MR) is 89.8 cm³/mol. The Hall–Kier alpha value is -1.46. The molecule has 2 rings (SSSR count). The Balaban J connectivity index is 2.25. The Morgan fingerprint density at radius 2 is 2.00 bits per heavy atom. The van der Waals surface area contributed by atoms with Crippen molar-refractivity contribution in [1.29, 1.82) is 0 Å². The van der Waals surface area contributed by atoms with Crippen LogP contribution in [-0.4, -0.2) is 16.9 Å². The Morgan fingerprint density at radius 1 is 1.33 bits per heavy atom. The fraction of sp³-hybridized carbons (Fsp3) is 0.500. The molecule has 3 N–H and O–H groups in total. The van der Waals surface area contributed by atoms with Crippen molar-refractivity contribution in [3.8, 4) is 0 Å². The van der Waals surface area contributed by atoms with Crippen LogP contribution in [0.3, 0.4) is 0 Å². The number of rotatable bonds is 3. The third-order valence-electron chi connectivity index (χ3n) is 3.32. The number of amides is 1. The van der Waals surface area contributed by atoms with Crippen molar-refractivity contribution in [2.45, 2.75) is 46.1 Å². The third kappa shape index (κ3) is 3.60. The van der Waals surface area contributed by atoms with E-state index in [1.807, 2.05) is 32.0 Å². The number of hydrogen-bond acceptors (Lipinski definition) is 4. The molecule has 0 aliphatic carbocycles. The minimum atomic E-state index is -0.493. The second kappa shape index (κ2) is 5.73. The van der Waals surface area contributed by atoms with Gasteiger partial charge in [0, 0.05) is 11.1 Å². The molecule has 1 heterocycles. The number of aromatic nitrogens is 1. The smallest absolute Gasteiger partial charge is 0.241 e. The fourth-order valence-electron chi connectivity index (χ4n) is 1.85. The molecule has 5 heteroatoms. The zero-order valence-corrected chi connectivity index (χ0v) is 14.0. The van der Waals surface area contributed by atoms with E-state index in [-0.39, 0.29) is 17.2 Å². The molecule has 0 saturated carbocycles. The molecule has 0 bridgehead atoms. The summed E-state index contributed by atoms with van der Waals surface area (Å²) in [6, 6.07) is 5.29. The maximum atomic E-state index is 12.0. The standard InChI is InChI=1S/C16H23N3OS/c1-9(2)13(17)14(20)18-10-6-7-11-12(8-10)21-15(19-11)16(3,4)5/h6-9,13H,17H2,1-5H3,(H,18,20)/t13-/m0/s1. The van der Waals surface area contributed by atoms with Crippen molar-refractivity contribution < 1.29 is 4.79 Å². The Kier molecular flexibility index (Phi) is 4.35. The van der Waals surface area contributed by atoms with Crippen LogP contribution in [0.25, 0.3) is 10.2 Å². The van der Waals surface area contributed by atoms with Crippen molar-refractivity contribution >= 4 is 33.1 Å². The van der Waals surface area contributed by atoms with Gasteiger partial charge in [-0.1, -0.05) is 34.6 Å². The van der Waals surface area contributed by atoms with Crippen LogP contribution in [0.4, 0.5) is 5.69 Å². The highest BCUT2D eigenvalue weighted by Crippen LogP contribution is 2.32. The molecule has 0 spiro atoms. The molecule has 0 fully saturated rings. The first kappa shape index (κ1) is 15.9. The minimum Gasteiger partial charge on any atom is -0.325 e. The van der Waals surface area contributed by atoms with Crippen LogP contribution in [-0.2, 0) is 10.2 Å². The number of thiazole rings is 1. The summed E-state index contributed by atoms with van der Waals surface area (Å²) >= 11 is 1.67. The molecule has 1 aromatic carbocycles. The first-order valence-corrected chi connectivity index (χ1v) is 7.97. The number of nitrogens with one attached hydrogen (secondary N) is 1. The van der Waals surface area contributed by atoms with Crippen LogP contribution in [0.2, 0.25) is 0 Å². The van der Waals surface area contributed by atoms with Gasteiger partial charge in [-0.3, -0.25) is 4.79 Å². The fourth-order valence-corrected chi connectivity index (χ4v) is 2.91. The Bertz CT molecular complexity index is 655. The van der Waals surface area contributed by atoms with E-state index in [0.717, 1.165) is 20.9 Å². The molecular weight excluding hydrogens is 282 g/mol. The molecule has 4 nitrogen and oxygen atoms in total. The topological polar surface area (TPSA) is 68.0 Å². The van der Waals surface area contributed by atoms with Crippen LogP contribution in [0.1, 0.15) is 39.6 Å². The quantitative estimate of drug-likeness (QED) is 0.911. The lowest BCUT2D eigenvalue weighted by atomic mass is 9.98. The largest absolute Gasteiger partial charge is 0.325 e. The maximum absolute atomic E-state index is 12.0. The number of fused-ring (bicyclic) bond motifs is 1. The first-order valence-electron chi connectivity index (χ1n) is 7.16. The molecule has 114 valence electrons. The molecule has 1 amide bonds. The highest BCUT2D eigenvalue weighted by Gasteiger charge is 2.20. The summed E-state index contributed by atoms with van der Waals surface area (Å²) < 4.78 is 1.08. The average Bonchev–Trinajstić information content (AvgIpc) is 2.80. The predicted octanol–water partition coefficient (Wildman–Crippen LogP) is 3.52. The molecule has 0 unspecified atom stereocenters. The highest BCUT2D eigenvalue weighted by atomic mass is 32.1. The number of carbonyl (C=O) groups excluding carboxylic acids is 1. The van der Waals surface area contributed by atoms with E-state index in [1.54, 1.807) is 11.3 Å². The number of carbonyl (C=O) groups is 1. The highest BCUT2D eigenvalue weighted by molar-refractivity contribution is 7.18. The van der Waals surface area contributed by atoms with Crippen LogP contribution in [0, 0.1) is 5.92 Å². The summed E-state index contributed by atoms with van der Waals surface area (Å²) in [4.78, 5) is 16.7. The molecule has 0 saturated heterocycles. The number of anilines is 1. The van der Waals surface area contributed by atoms with Gasteiger partial charge in [0.25, 0.3) is 0 Å². The number of hydrogen-bond donors (Lipinski definition) is 2. The lowest BCUT2D eigenvalue weighted by molar-refractivity contribution is -0.118. The molecule has 1 aromatic heterocycles. The Labute approximate surface area is 129 Å². The summed E-state index contributed by atoms with van der Waals surface area (Å²) in [7, 11) is 0. The van der Waals surface area contributed by atoms with E-state index in [1.165, 1.54) is 0 Å². The van der Waals surface area contributed by atoms with Crippen molar-refractivity contribution in [2.24, 2.45) is 11.7 Å². The van der Waals surface area contributed by atoms with Gasteiger partial charge >= 0.3 is 0 Å². The lowest BCUT2D eigenvalue weighted by Crippen LogP contribution is -2.39. The molecule has 2 aromatic rings. The van der Waals surface area contributed by atoms with Crippen LogP contribution >= 0.6 is 11.3 Å². The van der Waals surface area contributed by atoms with E-state index >= 15 is 0 Å². The van der Waals surface area contributed by atoms with Crippen molar-refractivity contribution in [2.75, 3.05) is 5.32 Å². The number of nitrogens with zero attached hydrogens (tertiary/aromatic N) is 1. The SMILES string of the molecule is CC(C)[C@H](N)C(=O)Nc1ccc2nc(C(C)(C)C)sc2c1. The van der Waals surface area contributed by atoms with Crippen LogP contribution in [0.15, 0.2) is 18.2 Å². The third-order valence-corrected chi connectivity index (χ3v) is 4.76. The van der Waals surface area contributed by atoms with E-state index in [4.69, 9.17) is 5.73 Å². The van der Waals surface area contributed by atoms with Gasteiger partial charge in [0.1, 0.15) is 0 Å². The zero-order chi connectivity index (χ0) is 15.8. The van der Waals surface area contributed by atoms with Gasteiger partial charge in [0.15, 0.2) is 0 Å². The van der Waals surface area contributed by atoms with Gasteiger partial charge in [-0.25, -0.2) is 4.98 Å². The van der Waals surface area contributed by atoms with E-state index in [2.05, 4.69) is 31.1 Å². The van der Waals surface area contributed by atoms with Crippen molar-refractivity contribution in [3.63, 3.8) is 0 Å². The summed E-state index contributed by atoms with van der Waals surface area (Å²) in [5, 5.41) is 3.98. The van der Waals surface area contributed by atoms with E-state index < -0.39 is 6.04 Å². The van der Waals surface area contributed by atoms with Gasteiger partial charge in [0.05, 0.1) is 21.3 Å². The van der Waals surface area contributed by atoms with Gasteiger partial charge in [-0.05, 0) is 24.1 Å². The van der Waals surface area contributed by atoms with Crippen LogP contribution < -0.4 is 11.1 Å². The molecule has 1 atom stereocenters. The van der Waals surface area contributed by atoms with Gasteiger partial charge in [0.2, 0.25) is 5.91 Å². The first-order chi connectivity index (χ1) is 9.68. The van der Waals surface area contributed by atoms with Gasteiger partial charge in [-0.15, -0.1) is 11.3 Å². The summed E-state index contributed by atoms with van der Waals surface area (Å²) in [5.74, 6) is -0.0328. The monoisotopic (exact) mass is 305 g/mol. The van der Waals surface area contributed by atoms with E-state index in [9.17, 15) is 4.79 Å². The molecule has 0 aliphatic rings. The normalized spacial score (nSPS) is 13.7. The number of nitrogens with two attached hydrogens (primary N) is 1. The minimum absolute atomic E-state index is 0.0348. The zero-order valence-electron chi connectivity index (χ0n) is 13.2. The van der Waals surface area contributed by atoms with Crippen molar-refractivity contribution in [1.82, 2.24) is 4.98 Å². The molecule has 0 radical (unpaired) electrons. The summed E-state index contributed by atoms with van der Waals surface area (Å²) in [6.07, 6.45) is 0. The lowest BCUT2D eigenvalue weighted by Gasteiger charge is -2.15. The maximum Gasteiger partial charge on any atom is 0.241 e. The van der Waals surface area contributed by atoms with Crippen LogP contribution in [0.5, 0.6) is 0 Å². The van der Waals surface area contributed by atoms with Crippen molar-refractivity contribution in [3.05, 3.63) is 23.2 Å².